The molecule has 18 heavy (non-hydrogen) atoms. The van der Waals surface area contributed by atoms with Crippen LogP contribution in [0.4, 0.5) is 5.82 Å². The maximum absolute atomic E-state index is 5.70. The highest BCUT2D eigenvalue weighted by atomic mass is 16.5. The van der Waals surface area contributed by atoms with Crippen molar-refractivity contribution in [2.24, 2.45) is 0 Å². The van der Waals surface area contributed by atoms with Gasteiger partial charge in [-0.3, -0.25) is 0 Å². The molecule has 1 aliphatic carbocycles. The van der Waals surface area contributed by atoms with Crippen LogP contribution in [0.3, 0.4) is 0 Å². The van der Waals surface area contributed by atoms with E-state index in [1.54, 1.807) is 0 Å². The number of hydrogen-bond acceptors (Lipinski definition) is 4. The Labute approximate surface area is 109 Å². The third kappa shape index (κ3) is 3.86. The molecule has 0 aromatic carbocycles. The molecule has 0 radical (unpaired) electrons. The predicted octanol–water partition coefficient (Wildman–Crippen LogP) is 3.35. The van der Waals surface area contributed by atoms with E-state index >= 15 is 0 Å². The molecule has 4 heteroatoms. The van der Waals surface area contributed by atoms with Gasteiger partial charge in [0.2, 0.25) is 5.88 Å². The second-order valence-corrected chi connectivity index (χ2v) is 5.22. The first-order valence-electron chi connectivity index (χ1n) is 6.97. The standard InChI is InChI=1S/C14H23N3O/c1-4-5-8-18-13-9-12(15-10(2)3)16-14(17-13)11-6-7-11/h9-11H,4-8H2,1-3H3,(H,15,16,17). The van der Waals surface area contributed by atoms with Crippen LogP contribution in [0.2, 0.25) is 0 Å². The zero-order valence-electron chi connectivity index (χ0n) is 11.6. The topological polar surface area (TPSA) is 47.0 Å². The van der Waals surface area contributed by atoms with Crippen LogP contribution >= 0.6 is 0 Å². The molecule has 0 amide bonds. The van der Waals surface area contributed by atoms with Crippen molar-refractivity contribution in [1.29, 1.82) is 0 Å². The van der Waals surface area contributed by atoms with E-state index in [9.17, 15) is 0 Å². The zero-order valence-corrected chi connectivity index (χ0v) is 11.6. The first-order valence-corrected chi connectivity index (χ1v) is 6.97. The van der Waals surface area contributed by atoms with Gasteiger partial charge in [0.1, 0.15) is 11.6 Å². The maximum Gasteiger partial charge on any atom is 0.218 e. The van der Waals surface area contributed by atoms with E-state index in [0.717, 1.165) is 31.1 Å². The van der Waals surface area contributed by atoms with Crippen molar-refractivity contribution >= 4 is 5.82 Å². The van der Waals surface area contributed by atoms with E-state index in [0.29, 0.717) is 17.8 Å². The minimum Gasteiger partial charge on any atom is -0.478 e. The van der Waals surface area contributed by atoms with Gasteiger partial charge >= 0.3 is 0 Å². The average Bonchev–Trinajstić information content (AvgIpc) is 3.12. The molecule has 1 aliphatic rings. The minimum atomic E-state index is 0.371. The molecule has 1 fully saturated rings. The molecular weight excluding hydrogens is 226 g/mol. The van der Waals surface area contributed by atoms with Gasteiger partial charge in [-0.1, -0.05) is 13.3 Å². The lowest BCUT2D eigenvalue weighted by atomic mass is 10.3. The zero-order chi connectivity index (χ0) is 13.0. The van der Waals surface area contributed by atoms with Crippen molar-refractivity contribution in [2.75, 3.05) is 11.9 Å². The lowest BCUT2D eigenvalue weighted by Crippen LogP contribution is -2.13. The van der Waals surface area contributed by atoms with E-state index in [1.165, 1.54) is 12.8 Å². The Kier molecular flexibility index (Phi) is 4.39. The molecule has 1 aromatic rings. The van der Waals surface area contributed by atoms with Gasteiger partial charge in [-0.15, -0.1) is 0 Å². The van der Waals surface area contributed by atoms with Gasteiger partial charge in [0.25, 0.3) is 0 Å². The Hall–Kier alpha value is -1.32. The van der Waals surface area contributed by atoms with Gasteiger partial charge in [0.05, 0.1) is 6.61 Å². The lowest BCUT2D eigenvalue weighted by Gasteiger charge is -2.12. The van der Waals surface area contributed by atoms with Gasteiger partial charge in [0.15, 0.2) is 0 Å². The highest BCUT2D eigenvalue weighted by Gasteiger charge is 2.27. The number of ether oxygens (including phenoxy) is 1. The third-order valence-electron chi connectivity index (χ3n) is 2.85. The number of nitrogens with one attached hydrogen (secondary N) is 1. The van der Waals surface area contributed by atoms with Crippen LogP contribution in [0, 0.1) is 0 Å². The number of unbranched alkanes of at least 4 members (excludes halogenated alkanes) is 1. The molecule has 0 saturated heterocycles. The smallest absolute Gasteiger partial charge is 0.218 e. The number of rotatable bonds is 7. The second kappa shape index (κ2) is 6.03. The van der Waals surface area contributed by atoms with Crippen molar-refractivity contribution < 1.29 is 4.74 Å². The largest absolute Gasteiger partial charge is 0.478 e. The summed E-state index contributed by atoms with van der Waals surface area (Å²) in [5, 5.41) is 3.33. The summed E-state index contributed by atoms with van der Waals surface area (Å²) in [6.45, 7) is 7.11. The molecule has 0 bridgehead atoms. The lowest BCUT2D eigenvalue weighted by molar-refractivity contribution is 0.296. The summed E-state index contributed by atoms with van der Waals surface area (Å²) >= 11 is 0. The Morgan fingerprint density at radius 2 is 2.17 bits per heavy atom. The molecule has 4 nitrogen and oxygen atoms in total. The summed E-state index contributed by atoms with van der Waals surface area (Å²) in [5.74, 6) is 3.08. The highest BCUT2D eigenvalue weighted by molar-refractivity contribution is 5.40. The van der Waals surface area contributed by atoms with E-state index < -0.39 is 0 Å². The Morgan fingerprint density at radius 1 is 1.39 bits per heavy atom. The van der Waals surface area contributed by atoms with E-state index in [2.05, 4.69) is 36.1 Å². The normalized spacial score (nSPS) is 14.9. The number of aromatic nitrogens is 2. The summed E-state index contributed by atoms with van der Waals surface area (Å²) in [6.07, 6.45) is 4.62. The van der Waals surface area contributed by atoms with Gasteiger partial charge in [-0.25, -0.2) is 4.98 Å². The van der Waals surface area contributed by atoms with E-state index in [1.807, 2.05) is 6.07 Å². The molecule has 0 atom stereocenters. The molecule has 100 valence electrons. The average molecular weight is 249 g/mol. The summed E-state index contributed by atoms with van der Waals surface area (Å²) in [6, 6.07) is 2.28. The maximum atomic E-state index is 5.70. The fraction of sp³-hybridized carbons (Fsp3) is 0.714. The van der Waals surface area contributed by atoms with Crippen molar-refractivity contribution in [3.05, 3.63) is 11.9 Å². The summed E-state index contributed by atoms with van der Waals surface area (Å²) in [7, 11) is 0. The van der Waals surface area contributed by atoms with Crippen LogP contribution in [0.15, 0.2) is 6.07 Å². The Balaban J connectivity index is 2.08. The van der Waals surface area contributed by atoms with Gasteiger partial charge in [-0.05, 0) is 33.1 Å². The molecule has 1 N–H and O–H groups in total. The molecule has 0 unspecified atom stereocenters. The Bertz CT molecular complexity index is 389. The first-order chi connectivity index (χ1) is 8.69. The molecule has 0 spiro atoms. The molecule has 2 rings (SSSR count). The minimum absolute atomic E-state index is 0.371. The number of anilines is 1. The van der Waals surface area contributed by atoms with E-state index in [-0.39, 0.29) is 0 Å². The number of nitrogens with zero attached hydrogens (tertiary/aromatic N) is 2. The fourth-order valence-corrected chi connectivity index (χ4v) is 1.73. The summed E-state index contributed by atoms with van der Waals surface area (Å²) in [4.78, 5) is 9.06. The van der Waals surface area contributed by atoms with Crippen molar-refractivity contribution in [3.63, 3.8) is 0 Å². The van der Waals surface area contributed by atoms with Gasteiger partial charge < -0.3 is 10.1 Å². The van der Waals surface area contributed by atoms with Crippen molar-refractivity contribution in [2.45, 2.75) is 58.4 Å². The molecule has 0 aliphatic heterocycles. The molecular formula is C14H23N3O. The van der Waals surface area contributed by atoms with Crippen LogP contribution < -0.4 is 10.1 Å². The van der Waals surface area contributed by atoms with Crippen LogP contribution in [-0.2, 0) is 0 Å². The van der Waals surface area contributed by atoms with Crippen molar-refractivity contribution in [3.8, 4) is 5.88 Å². The van der Waals surface area contributed by atoms with Crippen molar-refractivity contribution in [1.82, 2.24) is 9.97 Å². The molecule has 1 aromatic heterocycles. The SMILES string of the molecule is CCCCOc1cc(NC(C)C)nc(C2CC2)n1. The molecule has 1 heterocycles. The van der Waals surface area contributed by atoms with Crippen LogP contribution in [0.5, 0.6) is 5.88 Å². The van der Waals surface area contributed by atoms with Crippen LogP contribution in [-0.4, -0.2) is 22.6 Å². The van der Waals surface area contributed by atoms with E-state index in [4.69, 9.17) is 4.74 Å². The first kappa shape index (κ1) is 13.1. The van der Waals surface area contributed by atoms with Gasteiger partial charge in [-0.2, -0.15) is 4.98 Å². The summed E-state index contributed by atoms with van der Waals surface area (Å²) in [5.41, 5.74) is 0. The quantitative estimate of drug-likeness (QED) is 0.753. The third-order valence-corrected chi connectivity index (χ3v) is 2.85. The Morgan fingerprint density at radius 3 is 2.78 bits per heavy atom. The number of hydrogen-bond donors (Lipinski definition) is 1. The monoisotopic (exact) mass is 249 g/mol. The second-order valence-electron chi connectivity index (χ2n) is 5.22. The summed E-state index contributed by atoms with van der Waals surface area (Å²) < 4.78 is 5.70. The highest BCUT2D eigenvalue weighted by Crippen LogP contribution is 2.39. The van der Waals surface area contributed by atoms with Crippen LogP contribution in [0.25, 0.3) is 0 Å². The fourth-order valence-electron chi connectivity index (χ4n) is 1.73. The molecule has 1 saturated carbocycles. The predicted molar refractivity (Wildman–Crippen MR) is 73.2 cm³/mol. The van der Waals surface area contributed by atoms with Crippen LogP contribution in [0.1, 0.15) is 58.2 Å². The van der Waals surface area contributed by atoms with Gasteiger partial charge in [0, 0.05) is 18.0 Å².